The van der Waals surface area contributed by atoms with Gasteiger partial charge in [0.05, 0.1) is 23.7 Å². The molecule has 0 unspecified atom stereocenters. The molecule has 1 aromatic carbocycles. The van der Waals surface area contributed by atoms with Crippen LogP contribution in [0.15, 0.2) is 12.1 Å². The largest absolute Gasteiger partial charge is 0.302 e. The van der Waals surface area contributed by atoms with Crippen LogP contribution in [0.4, 0.5) is 10.1 Å². The molecule has 0 radical (unpaired) electrons. The van der Waals surface area contributed by atoms with Crippen molar-refractivity contribution >= 4 is 40.6 Å². The van der Waals surface area contributed by atoms with Gasteiger partial charge in [0.15, 0.2) is 11.6 Å². The Morgan fingerprint density at radius 3 is 2.50 bits per heavy atom. The van der Waals surface area contributed by atoms with Gasteiger partial charge in [-0.2, -0.15) is 0 Å². The summed E-state index contributed by atoms with van der Waals surface area (Å²) in [7, 11) is 0. The summed E-state index contributed by atoms with van der Waals surface area (Å²) in [6.07, 6.45) is -0.205. The molecule has 0 N–H and O–H groups in total. The molecule has 1 aliphatic heterocycles. The lowest BCUT2D eigenvalue weighted by Crippen LogP contribution is -2.25. The van der Waals surface area contributed by atoms with Gasteiger partial charge in [0.25, 0.3) is 0 Å². The molecule has 6 heteroatoms. The minimum atomic E-state index is -0.742. The molecule has 0 aromatic heterocycles. The number of rotatable bonds is 1. The third-order valence-electron chi connectivity index (χ3n) is 2.25. The lowest BCUT2D eigenvalue weighted by Gasteiger charge is -2.16. The SMILES string of the molecule is O=C1CC(=O)N(c2cc(Cl)cc(Cl)c2F)C1. The zero-order valence-electron chi connectivity index (χ0n) is 7.97. The quantitative estimate of drug-likeness (QED) is 0.575. The molecule has 1 fully saturated rings. The first-order chi connectivity index (χ1) is 7.49. The number of carbonyl (C=O) groups is 2. The van der Waals surface area contributed by atoms with E-state index in [4.69, 9.17) is 23.2 Å². The highest BCUT2D eigenvalue weighted by Crippen LogP contribution is 2.31. The van der Waals surface area contributed by atoms with E-state index in [2.05, 4.69) is 0 Å². The molecule has 1 aromatic rings. The number of hydrogen-bond acceptors (Lipinski definition) is 2. The highest BCUT2D eigenvalue weighted by atomic mass is 35.5. The first-order valence-corrected chi connectivity index (χ1v) is 5.21. The van der Waals surface area contributed by atoms with Crippen LogP contribution in [0.5, 0.6) is 0 Å². The van der Waals surface area contributed by atoms with Crippen LogP contribution in [-0.2, 0) is 9.59 Å². The van der Waals surface area contributed by atoms with Crippen molar-refractivity contribution in [1.82, 2.24) is 0 Å². The minimum absolute atomic E-state index is 0.0478. The molecular weight excluding hydrogens is 256 g/mol. The Morgan fingerprint density at radius 2 is 1.94 bits per heavy atom. The Labute approximate surface area is 101 Å². The van der Waals surface area contributed by atoms with Gasteiger partial charge in [0.1, 0.15) is 0 Å². The van der Waals surface area contributed by atoms with Crippen LogP contribution >= 0.6 is 23.2 Å². The first kappa shape index (κ1) is 11.4. The van der Waals surface area contributed by atoms with Gasteiger partial charge in [-0.25, -0.2) is 4.39 Å². The lowest BCUT2D eigenvalue weighted by atomic mass is 10.3. The van der Waals surface area contributed by atoms with Gasteiger partial charge in [-0.3, -0.25) is 9.59 Å². The predicted octanol–water partition coefficient (Wildman–Crippen LogP) is 2.44. The van der Waals surface area contributed by atoms with E-state index in [1.807, 2.05) is 0 Å². The fraction of sp³-hybridized carbons (Fsp3) is 0.200. The molecule has 84 valence electrons. The second-order valence-corrected chi connectivity index (χ2v) is 4.26. The average molecular weight is 262 g/mol. The number of benzene rings is 1. The fourth-order valence-corrected chi connectivity index (χ4v) is 2.03. The van der Waals surface area contributed by atoms with Crippen molar-refractivity contribution in [3.05, 3.63) is 28.0 Å². The Balaban J connectivity index is 2.48. The van der Waals surface area contributed by atoms with Gasteiger partial charge in [0, 0.05) is 5.02 Å². The molecule has 1 saturated heterocycles. The smallest absolute Gasteiger partial charge is 0.235 e. The Kier molecular flexibility index (Phi) is 2.86. The number of amides is 1. The summed E-state index contributed by atoms with van der Waals surface area (Å²) in [5.74, 6) is -1.43. The van der Waals surface area contributed by atoms with Crippen molar-refractivity contribution in [3.63, 3.8) is 0 Å². The van der Waals surface area contributed by atoms with Crippen LogP contribution in [-0.4, -0.2) is 18.2 Å². The fourth-order valence-electron chi connectivity index (χ4n) is 1.54. The van der Waals surface area contributed by atoms with Gasteiger partial charge >= 0.3 is 0 Å². The summed E-state index contributed by atoms with van der Waals surface area (Å²) in [6.45, 7) is -0.133. The van der Waals surface area contributed by atoms with E-state index >= 15 is 0 Å². The maximum Gasteiger partial charge on any atom is 0.235 e. The number of nitrogens with zero attached hydrogens (tertiary/aromatic N) is 1. The van der Waals surface area contributed by atoms with Gasteiger partial charge in [-0.05, 0) is 12.1 Å². The van der Waals surface area contributed by atoms with E-state index in [0.717, 1.165) is 4.90 Å². The highest BCUT2D eigenvalue weighted by molar-refractivity contribution is 6.35. The summed E-state index contributed by atoms with van der Waals surface area (Å²) in [5, 5.41) is 0.0446. The van der Waals surface area contributed by atoms with Crippen LogP contribution in [0, 0.1) is 5.82 Å². The maximum atomic E-state index is 13.6. The van der Waals surface area contributed by atoms with Crippen LogP contribution in [0.2, 0.25) is 10.0 Å². The van der Waals surface area contributed by atoms with Crippen molar-refractivity contribution in [2.24, 2.45) is 0 Å². The molecule has 0 aliphatic carbocycles. The summed E-state index contributed by atoms with van der Waals surface area (Å²) in [4.78, 5) is 23.5. The molecule has 1 heterocycles. The van der Waals surface area contributed by atoms with E-state index in [0.29, 0.717) is 0 Å². The van der Waals surface area contributed by atoms with E-state index in [-0.39, 0.29) is 34.5 Å². The molecule has 3 nitrogen and oxygen atoms in total. The van der Waals surface area contributed by atoms with Crippen LogP contribution in [0.25, 0.3) is 0 Å². The monoisotopic (exact) mass is 261 g/mol. The second-order valence-electron chi connectivity index (χ2n) is 3.42. The van der Waals surface area contributed by atoms with E-state index in [1.165, 1.54) is 12.1 Å². The topological polar surface area (TPSA) is 37.4 Å². The molecule has 2 rings (SSSR count). The summed E-state index contributed by atoms with van der Waals surface area (Å²) in [5.41, 5.74) is -0.0478. The van der Waals surface area contributed by atoms with Crippen molar-refractivity contribution in [2.75, 3.05) is 11.4 Å². The number of ketones is 1. The van der Waals surface area contributed by atoms with Crippen molar-refractivity contribution in [2.45, 2.75) is 6.42 Å². The molecule has 0 bridgehead atoms. The molecular formula is C10H6Cl2FNO2. The Bertz CT molecular complexity index is 490. The number of hydrogen-bond donors (Lipinski definition) is 0. The van der Waals surface area contributed by atoms with Gasteiger partial charge in [0.2, 0.25) is 5.91 Å². The second kappa shape index (κ2) is 4.03. The standard InChI is InChI=1S/C10H6Cl2FNO2/c11-5-1-7(12)10(13)8(2-5)14-4-6(15)3-9(14)16/h1-2H,3-4H2. The van der Waals surface area contributed by atoms with Crippen molar-refractivity contribution < 1.29 is 14.0 Å². The normalized spacial score (nSPS) is 16.1. The van der Waals surface area contributed by atoms with Crippen molar-refractivity contribution in [3.8, 4) is 0 Å². The zero-order valence-corrected chi connectivity index (χ0v) is 9.48. The number of Topliss-reactive ketones (excluding diaryl/α,β-unsaturated/α-hetero) is 1. The number of anilines is 1. The van der Waals surface area contributed by atoms with E-state index in [9.17, 15) is 14.0 Å². The maximum absolute atomic E-state index is 13.6. The summed E-state index contributed by atoms with van der Waals surface area (Å²) >= 11 is 11.3. The minimum Gasteiger partial charge on any atom is -0.302 e. The molecule has 16 heavy (non-hydrogen) atoms. The van der Waals surface area contributed by atoms with Crippen LogP contribution in [0.1, 0.15) is 6.42 Å². The molecule has 1 aliphatic rings. The lowest BCUT2D eigenvalue weighted by molar-refractivity contribution is -0.121. The van der Waals surface area contributed by atoms with Crippen molar-refractivity contribution in [1.29, 1.82) is 0 Å². The first-order valence-electron chi connectivity index (χ1n) is 4.45. The van der Waals surface area contributed by atoms with Gasteiger partial charge < -0.3 is 4.90 Å². The third-order valence-corrected chi connectivity index (χ3v) is 2.74. The zero-order chi connectivity index (χ0) is 11.9. The Hall–Kier alpha value is -1.13. The predicted molar refractivity (Wildman–Crippen MR) is 58.4 cm³/mol. The Morgan fingerprint density at radius 1 is 1.25 bits per heavy atom. The highest BCUT2D eigenvalue weighted by Gasteiger charge is 2.31. The molecule has 1 amide bonds. The molecule has 0 spiro atoms. The van der Waals surface area contributed by atoms with Crippen LogP contribution in [0.3, 0.4) is 0 Å². The molecule has 0 saturated carbocycles. The van der Waals surface area contributed by atoms with E-state index < -0.39 is 11.7 Å². The van der Waals surface area contributed by atoms with Gasteiger partial charge in [-0.15, -0.1) is 0 Å². The van der Waals surface area contributed by atoms with Crippen LogP contribution < -0.4 is 4.90 Å². The molecule has 0 atom stereocenters. The average Bonchev–Trinajstić information content (AvgIpc) is 2.51. The number of halogens is 3. The van der Waals surface area contributed by atoms with E-state index in [1.54, 1.807) is 0 Å². The van der Waals surface area contributed by atoms with Gasteiger partial charge in [-0.1, -0.05) is 23.2 Å². The number of carbonyl (C=O) groups excluding carboxylic acids is 2. The summed E-state index contributed by atoms with van der Waals surface area (Å²) < 4.78 is 13.6. The summed E-state index contributed by atoms with van der Waals surface area (Å²) in [6, 6.07) is 2.52. The third kappa shape index (κ3) is 1.90.